The van der Waals surface area contributed by atoms with Gasteiger partial charge in [-0.05, 0) is 56.4 Å². The number of aromatic amines is 1. The van der Waals surface area contributed by atoms with Gasteiger partial charge in [-0.3, -0.25) is 14.7 Å². The third kappa shape index (κ3) is 2.20. The third-order valence-corrected chi connectivity index (χ3v) is 6.74. The van der Waals surface area contributed by atoms with Crippen LogP contribution in [0.3, 0.4) is 0 Å². The summed E-state index contributed by atoms with van der Waals surface area (Å²) in [6.45, 7) is 0. The van der Waals surface area contributed by atoms with Crippen LogP contribution in [0.2, 0.25) is 0 Å². The second kappa shape index (κ2) is 5.32. The minimum Gasteiger partial charge on any atom is -0.469 e. The first-order chi connectivity index (χ1) is 12.5. The molecule has 1 aromatic carbocycles. The van der Waals surface area contributed by atoms with Crippen LogP contribution in [0.15, 0.2) is 24.3 Å². The molecule has 2 aromatic rings. The topological polar surface area (TPSA) is 84.1 Å². The number of rotatable bonds is 3. The Bertz CT molecular complexity index is 889. The molecule has 4 aliphatic rings. The predicted molar refractivity (Wildman–Crippen MR) is 95.4 cm³/mol. The van der Waals surface area contributed by atoms with Crippen LogP contribution in [-0.2, 0) is 9.53 Å². The van der Waals surface area contributed by atoms with Crippen molar-refractivity contribution in [2.75, 3.05) is 7.11 Å². The molecule has 1 heterocycles. The number of carbonyl (C=O) groups excluding carboxylic acids is 2. The van der Waals surface area contributed by atoms with Crippen molar-refractivity contribution in [1.82, 2.24) is 15.5 Å². The second-order valence-electron chi connectivity index (χ2n) is 8.59. The van der Waals surface area contributed by atoms with E-state index in [9.17, 15) is 9.59 Å². The number of esters is 1. The van der Waals surface area contributed by atoms with Crippen molar-refractivity contribution in [2.24, 2.45) is 17.3 Å². The van der Waals surface area contributed by atoms with E-state index < -0.39 is 5.41 Å². The minimum atomic E-state index is -0.417. The van der Waals surface area contributed by atoms with E-state index in [0.29, 0.717) is 24.0 Å². The number of para-hydroxylation sites is 1. The average Bonchev–Trinajstić information content (AvgIpc) is 3.03. The Morgan fingerprint density at radius 3 is 2.65 bits per heavy atom. The number of amides is 1. The molecule has 136 valence electrons. The molecule has 1 amide bonds. The van der Waals surface area contributed by atoms with Crippen molar-refractivity contribution in [1.29, 1.82) is 0 Å². The highest BCUT2D eigenvalue weighted by molar-refractivity contribution is 6.05. The summed E-state index contributed by atoms with van der Waals surface area (Å²) in [6, 6.07) is 7.65. The van der Waals surface area contributed by atoms with E-state index in [0.717, 1.165) is 36.6 Å². The normalized spacial score (nSPS) is 34.8. The Balaban J connectivity index is 1.46. The first kappa shape index (κ1) is 15.9. The van der Waals surface area contributed by atoms with Crippen molar-refractivity contribution < 1.29 is 14.3 Å². The summed E-state index contributed by atoms with van der Waals surface area (Å²) in [4.78, 5) is 25.6. The Hall–Kier alpha value is -2.37. The number of fused-ring (bicyclic) bond motifs is 1. The SMILES string of the molecule is COC(=O)C12CC3CC(CC(NC(=O)c4n[nH]c5ccccc45)(C3)C1)C2. The van der Waals surface area contributed by atoms with Crippen LogP contribution in [0.25, 0.3) is 10.9 Å². The van der Waals surface area contributed by atoms with Gasteiger partial charge in [0.1, 0.15) is 0 Å². The number of hydrogen-bond donors (Lipinski definition) is 2. The number of H-pyrrole nitrogens is 1. The molecule has 6 heteroatoms. The van der Waals surface area contributed by atoms with Crippen LogP contribution in [0.1, 0.15) is 49.0 Å². The molecular formula is C20H23N3O3. The molecule has 0 radical (unpaired) electrons. The zero-order chi connectivity index (χ0) is 17.9. The van der Waals surface area contributed by atoms with Crippen LogP contribution in [0, 0.1) is 17.3 Å². The lowest BCUT2D eigenvalue weighted by Gasteiger charge is -2.60. The molecule has 2 atom stereocenters. The van der Waals surface area contributed by atoms with E-state index in [1.807, 2.05) is 24.3 Å². The highest BCUT2D eigenvalue weighted by Crippen LogP contribution is 2.62. The lowest BCUT2D eigenvalue weighted by atomic mass is 9.47. The molecule has 4 aliphatic carbocycles. The van der Waals surface area contributed by atoms with E-state index in [2.05, 4.69) is 15.5 Å². The highest BCUT2D eigenvalue weighted by Gasteiger charge is 2.61. The zero-order valence-corrected chi connectivity index (χ0v) is 14.9. The van der Waals surface area contributed by atoms with Crippen LogP contribution in [0.5, 0.6) is 0 Å². The lowest BCUT2D eigenvalue weighted by Crippen LogP contribution is -2.64. The summed E-state index contributed by atoms with van der Waals surface area (Å²) in [5, 5.41) is 11.3. The summed E-state index contributed by atoms with van der Waals surface area (Å²) in [6.07, 6.45) is 5.57. The fraction of sp³-hybridized carbons (Fsp3) is 0.550. The quantitative estimate of drug-likeness (QED) is 0.831. The fourth-order valence-electron chi connectivity index (χ4n) is 6.30. The molecule has 2 N–H and O–H groups in total. The monoisotopic (exact) mass is 353 g/mol. The summed E-state index contributed by atoms with van der Waals surface area (Å²) >= 11 is 0. The standard InChI is InChI=1S/C20H23N3O3/c1-26-18(25)19-7-12-6-13(8-19)10-20(9-12,11-19)21-17(24)16-14-4-2-3-5-15(14)22-23-16/h2-5,12-13H,6-11H2,1H3,(H,21,24)(H,22,23). The maximum atomic E-state index is 13.0. The molecule has 4 saturated carbocycles. The zero-order valence-electron chi connectivity index (χ0n) is 14.9. The van der Waals surface area contributed by atoms with Crippen LogP contribution < -0.4 is 5.32 Å². The van der Waals surface area contributed by atoms with Gasteiger partial charge in [-0.2, -0.15) is 5.10 Å². The molecule has 1 aromatic heterocycles. The smallest absolute Gasteiger partial charge is 0.311 e. The second-order valence-corrected chi connectivity index (χ2v) is 8.59. The number of nitrogens with zero attached hydrogens (tertiary/aromatic N) is 1. The molecule has 0 saturated heterocycles. The molecular weight excluding hydrogens is 330 g/mol. The first-order valence-electron chi connectivity index (χ1n) is 9.37. The number of carbonyl (C=O) groups is 2. The number of hydrogen-bond acceptors (Lipinski definition) is 4. The maximum absolute atomic E-state index is 13.0. The fourth-order valence-corrected chi connectivity index (χ4v) is 6.30. The Morgan fingerprint density at radius 2 is 1.92 bits per heavy atom. The van der Waals surface area contributed by atoms with Crippen LogP contribution >= 0.6 is 0 Å². The third-order valence-electron chi connectivity index (χ3n) is 6.74. The van der Waals surface area contributed by atoms with Crippen molar-refractivity contribution >= 4 is 22.8 Å². The van der Waals surface area contributed by atoms with E-state index in [4.69, 9.17) is 4.74 Å². The van der Waals surface area contributed by atoms with Crippen LogP contribution in [0.4, 0.5) is 0 Å². The van der Waals surface area contributed by atoms with Crippen molar-refractivity contribution in [3.05, 3.63) is 30.0 Å². The Labute approximate surface area is 151 Å². The largest absolute Gasteiger partial charge is 0.469 e. The molecule has 4 bridgehead atoms. The summed E-state index contributed by atoms with van der Waals surface area (Å²) < 4.78 is 5.15. The average molecular weight is 353 g/mol. The Kier molecular flexibility index (Phi) is 3.24. The molecule has 0 aliphatic heterocycles. The number of methoxy groups -OCH3 is 1. The molecule has 6 nitrogen and oxygen atoms in total. The van der Waals surface area contributed by atoms with Gasteiger partial charge in [0, 0.05) is 10.9 Å². The van der Waals surface area contributed by atoms with Crippen molar-refractivity contribution in [3.63, 3.8) is 0 Å². The summed E-state index contributed by atoms with van der Waals surface area (Å²) in [7, 11) is 1.47. The predicted octanol–water partition coefficient (Wildman–Crippen LogP) is 2.80. The van der Waals surface area contributed by atoms with Crippen molar-refractivity contribution in [3.8, 4) is 0 Å². The number of benzene rings is 1. The Morgan fingerprint density at radius 1 is 1.19 bits per heavy atom. The van der Waals surface area contributed by atoms with Crippen LogP contribution in [-0.4, -0.2) is 34.7 Å². The first-order valence-corrected chi connectivity index (χ1v) is 9.37. The molecule has 6 rings (SSSR count). The van der Waals surface area contributed by atoms with E-state index >= 15 is 0 Å². The van der Waals surface area contributed by atoms with Gasteiger partial charge in [-0.1, -0.05) is 18.2 Å². The summed E-state index contributed by atoms with van der Waals surface area (Å²) in [5.41, 5.74) is 0.562. The van der Waals surface area contributed by atoms with E-state index in [1.54, 1.807) is 0 Å². The van der Waals surface area contributed by atoms with E-state index in [1.165, 1.54) is 13.5 Å². The van der Waals surface area contributed by atoms with Gasteiger partial charge >= 0.3 is 5.97 Å². The molecule has 2 unspecified atom stereocenters. The summed E-state index contributed by atoms with van der Waals surface area (Å²) in [5.74, 6) is 0.734. The van der Waals surface area contributed by atoms with E-state index in [-0.39, 0.29) is 17.4 Å². The van der Waals surface area contributed by atoms with Gasteiger partial charge in [0.05, 0.1) is 18.0 Å². The molecule has 26 heavy (non-hydrogen) atoms. The van der Waals surface area contributed by atoms with Crippen molar-refractivity contribution in [2.45, 2.75) is 44.1 Å². The minimum absolute atomic E-state index is 0.101. The van der Waals surface area contributed by atoms with Gasteiger partial charge in [-0.15, -0.1) is 0 Å². The lowest BCUT2D eigenvalue weighted by molar-refractivity contribution is -0.171. The number of ether oxygens (including phenoxy) is 1. The molecule has 0 spiro atoms. The van der Waals surface area contributed by atoms with Gasteiger partial charge in [0.15, 0.2) is 5.69 Å². The molecule has 4 fully saturated rings. The highest BCUT2D eigenvalue weighted by atomic mass is 16.5. The van der Waals surface area contributed by atoms with Gasteiger partial charge in [0.25, 0.3) is 5.91 Å². The van der Waals surface area contributed by atoms with Gasteiger partial charge in [0.2, 0.25) is 0 Å². The van der Waals surface area contributed by atoms with Gasteiger partial charge in [-0.25, -0.2) is 0 Å². The number of nitrogens with one attached hydrogen (secondary N) is 2. The number of aromatic nitrogens is 2. The van der Waals surface area contributed by atoms with Gasteiger partial charge < -0.3 is 10.1 Å². The maximum Gasteiger partial charge on any atom is 0.311 e.